The molecule has 0 bridgehead atoms. The number of amides is 1. The van der Waals surface area contributed by atoms with Crippen LogP contribution in [-0.2, 0) is 6.61 Å². The average molecular weight is 434 g/mol. The highest BCUT2D eigenvalue weighted by molar-refractivity contribution is 6.36. The van der Waals surface area contributed by atoms with Gasteiger partial charge in [-0.1, -0.05) is 53.0 Å². The van der Waals surface area contributed by atoms with Crippen molar-refractivity contribution in [2.24, 2.45) is 5.10 Å². The van der Waals surface area contributed by atoms with Gasteiger partial charge in [-0.15, -0.1) is 0 Å². The lowest BCUT2D eigenvalue weighted by Gasteiger charge is -2.07. The molecule has 0 aliphatic rings. The van der Waals surface area contributed by atoms with Crippen LogP contribution in [0.25, 0.3) is 0 Å². The fourth-order valence-electron chi connectivity index (χ4n) is 2.28. The molecule has 3 aromatic rings. The first-order valence-electron chi connectivity index (χ1n) is 8.27. The van der Waals surface area contributed by atoms with Crippen molar-refractivity contribution in [2.75, 3.05) is 0 Å². The maximum Gasteiger partial charge on any atom is 0.271 e. The normalized spacial score (nSPS) is 10.8. The molecule has 0 aromatic heterocycles. The van der Waals surface area contributed by atoms with Gasteiger partial charge in [0.25, 0.3) is 5.91 Å². The summed E-state index contributed by atoms with van der Waals surface area (Å²) in [6.45, 7) is 0.412. The van der Waals surface area contributed by atoms with Crippen LogP contribution in [0.2, 0.25) is 15.1 Å². The van der Waals surface area contributed by atoms with Crippen molar-refractivity contribution >= 4 is 46.9 Å². The maximum absolute atomic E-state index is 12.2. The van der Waals surface area contributed by atoms with E-state index in [1.54, 1.807) is 42.5 Å². The van der Waals surface area contributed by atoms with E-state index in [-0.39, 0.29) is 5.91 Å². The Kier molecular flexibility index (Phi) is 6.93. The largest absolute Gasteiger partial charge is 0.489 e. The van der Waals surface area contributed by atoms with Crippen molar-refractivity contribution in [3.8, 4) is 5.75 Å². The lowest BCUT2D eigenvalue weighted by atomic mass is 10.2. The van der Waals surface area contributed by atoms with Crippen molar-refractivity contribution in [1.29, 1.82) is 0 Å². The number of nitrogens with one attached hydrogen (secondary N) is 1. The van der Waals surface area contributed by atoms with E-state index in [0.717, 1.165) is 5.56 Å². The fraction of sp³-hybridized carbons (Fsp3) is 0.0476. The van der Waals surface area contributed by atoms with Gasteiger partial charge in [0.1, 0.15) is 12.4 Å². The van der Waals surface area contributed by atoms with Crippen LogP contribution in [0, 0.1) is 0 Å². The van der Waals surface area contributed by atoms with Crippen LogP contribution in [0.1, 0.15) is 21.5 Å². The van der Waals surface area contributed by atoms with Crippen LogP contribution in [0.15, 0.2) is 71.8 Å². The van der Waals surface area contributed by atoms with Gasteiger partial charge >= 0.3 is 0 Å². The summed E-state index contributed by atoms with van der Waals surface area (Å²) in [6.07, 6.45) is 1.46. The Balaban J connectivity index is 1.54. The van der Waals surface area contributed by atoms with E-state index < -0.39 is 0 Å². The number of hydrogen-bond acceptors (Lipinski definition) is 3. The number of rotatable bonds is 6. The third kappa shape index (κ3) is 5.73. The van der Waals surface area contributed by atoms with Crippen LogP contribution in [0.4, 0.5) is 0 Å². The second kappa shape index (κ2) is 9.60. The topological polar surface area (TPSA) is 50.7 Å². The van der Waals surface area contributed by atoms with Crippen molar-refractivity contribution in [1.82, 2.24) is 5.43 Å². The van der Waals surface area contributed by atoms with E-state index in [1.807, 2.05) is 24.3 Å². The van der Waals surface area contributed by atoms with Gasteiger partial charge in [-0.05, 0) is 54.1 Å². The molecule has 142 valence electrons. The molecule has 0 saturated carbocycles. The fourth-order valence-corrected chi connectivity index (χ4v) is 2.86. The molecule has 4 nitrogen and oxygen atoms in total. The van der Waals surface area contributed by atoms with Crippen LogP contribution >= 0.6 is 34.8 Å². The van der Waals surface area contributed by atoms with E-state index in [4.69, 9.17) is 39.5 Å². The summed E-state index contributed by atoms with van der Waals surface area (Å²) in [7, 11) is 0. The van der Waals surface area contributed by atoms with E-state index in [2.05, 4.69) is 10.5 Å². The molecule has 1 N–H and O–H groups in total. The smallest absolute Gasteiger partial charge is 0.271 e. The van der Waals surface area contributed by atoms with Gasteiger partial charge in [-0.3, -0.25) is 4.79 Å². The highest BCUT2D eigenvalue weighted by atomic mass is 35.5. The molecule has 0 aliphatic carbocycles. The maximum atomic E-state index is 12.2. The van der Waals surface area contributed by atoms with E-state index in [1.165, 1.54) is 6.21 Å². The number of hydrogen-bond donors (Lipinski definition) is 1. The third-order valence-corrected chi connectivity index (χ3v) is 4.58. The van der Waals surface area contributed by atoms with Crippen molar-refractivity contribution < 1.29 is 9.53 Å². The SMILES string of the molecule is O=C(NN=Cc1ccc(Cl)cc1Cl)c1ccc(OCc2ccc(Cl)cc2)cc1. The molecule has 0 unspecified atom stereocenters. The molecular weight excluding hydrogens is 419 g/mol. The summed E-state index contributed by atoms with van der Waals surface area (Å²) in [5.74, 6) is 0.313. The number of carbonyl (C=O) groups excluding carboxylic acids is 1. The van der Waals surface area contributed by atoms with Crippen LogP contribution in [0.3, 0.4) is 0 Å². The van der Waals surface area contributed by atoms with Gasteiger partial charge in [0.15, 0.2) is 0 Å². The Morgan fingerprint density at radius 1 is 0.929 bits per heavy atom. The van der Waals surface area contributed by atoms with E-state index >= 15 is 0 Å². The Morgan fingerprint density at radius 3 is 2.29 bits per heavy atom. The molecular formula is C21H15Cl3N2O2. The number of nitrogens with zero attached hydrogens (tertiary/aromatic N) is 1. The summed E-state index contributed by atoms with van der Waals surface area (Å²) in [5, 5.41) is 5.58. The van der Waals surface area contributed by atoms with Gasteiger partial charge in [0.2, 0.25) is 0 Å². The lowest BCUT2D eigenvalue weighted by molar-refractivity contribution is 0.0955. The predicted octanol–water partition coefficient (Wildman–Crippen LogP) is 5.99. The molecule has 0 spiro atoms. The summed E-state index contributed by atoms with van der Waals surface area (Å²) in [5.41, 5.74) is 4.57. The van der Waals surface area contributed by atoms with Gasteiger partial charge < -0.3 is 4.74 Å². The molecule has 0 saturated heterocycles. The second-order valence-electron chi connectivity index (χ2n) is 5.80. The van der Waals surface area contributed by atoms with E-state index in [9.17, 15) is 4.79 Å². The summed E-state index contributed by atoms with van der Waals surface area (Å²) in [4.78, 5) is 12.2. The number of halogens is 3. The van der Waals surface area contributed by atoms with Crippen LogP contribution in [0.5, 0.6) is 5.75 Å². The van der Waals surface area contributed by atoms with Crippen molar-refractivity contribution in [3.05, 3.63) is 98.5 Å². The summed E-state index contributed by atoms with van der Waals surface area (Å²) >= 11 is 17.8. The van der Waals surface area contributed by atoms with Crippen LogP contribution < -0.4 is 10.2 Å². The standard InChI is InChI=1S/C21H15Cl3N2O2/c22-17-6-1-14(2-7-17)13-28-19-9-4-15(5-10-19)21(27)26-25-12-16-3-8-18(23)11-20(16)24/h1-12H,13H2,(H,26,27). The highest BCUT2D eigenvalue weighted by Gasteiger charge is 2.05. The minimum atomic E-state index is -0.342. The Morgan fingerprint density at radius 2 is 1.61 bits per heavy atom. The second-order valence-corrected chi connectivity index (χ2v) is 7.08. The average Bonchev–Trinajstić information content (AvgIpc) is 2.69. The first-order chi connectivity index (χ1) is 13.5. The van der Waals surface area contributed by atoms with Crippen molar-refractivity contribution in [3.63, 3.8) is 0 Å². The van der Waals surface area contributed by atoms with Gasteiger partial charge in [0.05, 0.1) is 11.2 Å². The van der Waals surface area contributed by atoms with Gasteiger partial charge in [-0.2, -0.15) is 5.10 Å². The third-order valence-electron chi connectivity index (χ3n) is 3.77. The van der Waals surface area contributed by atoms with Gasteiger partial charge in [0, 0.05) is 21.2 Å². The molecule has 1 amide bonds. The van der Waals surface area contributed by atoms with Gasteiger partial charge in [-0.25, -0.2) is 5.43 Å². The summed E-state index contributed by atoms with van der Waals surface area (Å²) in [6, 6.07) is 19.2. The monoisotopic (exact) mass is 432 g/mol. The molecule has 0 fully saturated rings. The number of benzene rings is 3. The summed E-state index contributed by atoms with van der Waals surface area (Å²) < 4.78 is 5.70. The Bertz CT molecular complexity index is 988. The Labute approximate surface area is 177 Å². The zero-order valence-electron chi connectivity index (χ0n) is 14.5. The molecule has 0 aliphatic heterocycles. The van der Waals surface area contributed by atoms with E-state index in [0.29, 0.717) is 38.6 Å². The first-order valence-corrected chi connectivity index (χ1v) is 9.40. The zero-order valence-corrected chi connectivity index (χ0v) is 16.8. The van der Waals surface area contributed by atoms with Crippen molar-refractivity contribution in [2.45, 2.75) is 6.61 Å². The lowest BCUT2D eigenvalue weighted by Crippen LogP contribution is -2.17. The molecule has 3 aromatic carbocycles. The molecule has 0 heterocycles. The molecule has 28 heavy (non-hydrogen) atoms. The molecule has 0 radical (unpaired) electrons. The number of carbonyl (C=O) groups is 1. The predicted molar refractivity (Wildman–Crippen MR) is 114 cm³/mol. The number of ether oxygens (including phenoxy) is 1. The molecule has 3 rings (SSSR count). The number of hydrazone groups is 1. The molecule has 7 heteroatoms. The van der Waals surface area contributed by atoms with Crippen LogP contribution in [-0.4, -0.2) is 12.1 Å². The molecule has 0 atom stereocenters. The highest BCUT2D eigenvalue weighted by Crippen LogP contribution is 2.19. The first kappa shape index (κ1) is 20.2. The minimum absolute atomic E-state index is 0.342. The minimum Gasteiger partial charge on any atom is -0.489 e. The zero-order chi connectivity index (χ0) is 19.9. The quantitative estimate of drug-likeness (QED) is 0.383. The Hall–Kier alpha value is -2.53.